The van der Waals surface area contributed by atoms with E-state index >= 15 is 0 Å². The van der Waals surface area contributed by atoms with Crippen molar-refractivity contribution < 1.29 is 23.0 Å². The van der Waals surface area contributed by atoms with E-state index in [0.717, 1.165) is 12.1 Å². The van der Waals surface area contributed by atoms with Gasteiger partial charge in [-0.2, -0.15) is 5.26 Å². The van der Waals surface area contributed by atoms with Gasteiger partial charge in [0.15, 0.2) is 11.5 Å². The SMILES string of the molecule is C=CCOc1ccc(/C=C(\C#N)C(=O)Nc2ccc(F)cc2F)cc1OC. The highest BCUT2D eigenvalue weighted by atomic mass is 19.1. The summed E-state index contributed by atoms with van der Waals surface area (Å²) in [6, 6.07) is 9.31. The Morgan fingerprint density at radius 2 is 2.04 bits per heavy atom. The van der Waals surface area contributed by atoms with Crippen molar-refractivity contribution in [2.45, 2.75) is 0 Å². The van der Waals surface area contributed by atoms with Crippen LogP contribution in [0.15, 0.2) is 54.6 Å². The number of nitriles is 1. The predicted molar refractivity (Wildman–Crippen MR) is 97.3 cm³/mol. The van der Waals surface area contributed by atoms with Crippen LogP contribution in [0.25, 0.3) is 6.08 Å². The molecule has 0 fully saturated rings. The van der Waals surface area contributed by atoms with Gasteiger partial charge >= 0.3 is 0 Å². The van der Waals surface area contributed by atoms with E-state index in [1.807, 2.05) is 0 Å². The summed E-state index contributed by atoms with van der Waals surface area (Å²) in [7, 11) is 1.46. The molecule has 1 N–H and O–H groups in total. The molecule has 2 rings (SSSR count). The number of amides is 1. The molecular formula is C20H16F2N2O3. The van der Waals surface area contributed by atoms with Crippen molar-refractivity contribution >= 4 is 17.7 Å². The second-order valence-electron chi connectivity index (χ2n) is 5.26. The van der Waals surface area contributed by atoms with Gasteiger partial charge in [-0.3, -0.25) is 4.79 Å². The van der Waals surface area contributed by atoms with Crippen LogP contribution in [-0.4, -0.2) is 19.6 Å². The van der Waals surface area contributed by atoms with Crippen LogP contribution in [-0.2, 0) is 4.79 Å². The van der Waals surface area contributed by atoms with Gasteiger partial charge in [-0.25, -0.2) is 8.78 Å². The lowest BCUT2D eigenvalue weighted by Crippen LogP contribution is -2.14. The smallest absolute Gasteiger partial charge is 0.266 e. The highest BCUT2D eigenvalue weighted by molar-refractivity contribution is 6.09. The number of hydrogen-bond acceptors (Lipinski definition) is 4. The lowest BCUT2D eigenvalue weighted by atomic mass is 10.1. The zero-order valence-electron chi connectivity index (χ0n) is 14.5. The molecular weight excluding hydrogens is 354 g/mol. The summed E-state index contributed by atoms with van der Waals surface area (Å²) in [6.45, 7) is 3.85. The van der Waals surface area contributed by atoms with Gasteiger partial charge in [-0.05, 0) is 35.9 Å². The molecule has 0 atom stereocenters. The van der Waals surface area contributed by atoms with Crippen molar-refractivity contribution in [3.63, 3.8) is 0 Å². The Bertz CT molecular complexity index is 933. The second-order valence-corrected chi connectivity index (χ2v) is 5.26. The number of benzene rings is 2. The van der Waals surface area contributed by atoms with Crippen LogP contribution in [0.2, 0.25) is 0 Å². The van der Waals surface area contributed by atoms with Gasteiger partial charge in [0.1, 0.15) is 29.9 Å². The fourth-order valence-electron chi connectivity index (χ4n) is 2.14. The number of carbonyl (C=O) groups is 1. The number of nitrogens with one attached hydrogen (secondary N) is 1. The molecule has 138 valence electrons. The fourth-order valence-corrected chi connectivity index (χ4v) is 2.14. The maximum atomic E-state index is 13.7. The standard InChI is InChI=1S/C20H16F2N2O3/c1-3-8-27-18-7-4-13(10-19(18)26-2)9-14(12-23)20(25)24-17-6-5-15(21)11-16(17)22/h3-7,9-11H,1,8H2,2H3,(H,24,25)/b14-9+. The molecule has 0 spiro atoms. The summed E-state index contributed by atoms with van der Waals surface area (Å²) in [5, 5.41) is 11.5. The van der Waals surface area contributed by atoms with E-state index in [1.54, 1.807) is 30.3 Å². The van der Waals surface area contributed by atoms with Crippen LogP contribution >= 0.6 is 0 Å². The summed E-state index contributed by atoms with van der Waals surface area (Å²) in [4.78, 5) is 12.2. The molecule has 5 nitrogen and oxygen atoms in total. The van der Waals surface area contributed by atoms with Gasteiger partial charge in [0.05, 0.1) is 12.8 Å². The minimum absolute atomic E-state index is 0.228. The number of carbonyl (C=O) groups excluding carboxylic acids is 1. The van der Waals surface area contributed by atoms with E-state index in [2.05, 4.69) is 11.9 Å². The molecule has 0 unspecified atom stereocenters. The molecule has 0 bridgehead atoms. The minimum Gasteiger partial charge on any atom is -0.493 e. The normalized spacial score (nSPS) is 10.7. The highest BCUT2D eigenvalue weighted by Crippen LogP contribution is 2.29. The molecule has 0 aliphatic rings. The van der Waals surface area contributed by atoms with Crippen molar-refractivity contribution in [3.8, 4) is 17.6 Å². The monoisotopic (exact) mass is 370 g/mol. The van der Waals surface area contributed by atoms with Crippen molar-refractivity contribution in [2.75, 3.05) is 19.0 Å². The first kappa shape index (κ1) is 19.7. The molecule has 2 aromatic rings. The van der Waals surface area contributed by atoms with Crippen molar-refractivity contribution in [2.24, 2.45) is 0 Å². The molecule has 2 aromatic carbocycles. The Hall–Kier alpha value is -3.66. The topological polar surface area (TPSA) is 71.3 Å². The van der Waals surface area contributed by atoms with Crippen LogP contribution in [0.1, 0.15) is 5.56 Å². The molecule has 0 aliphatic heterocycles. The van der Waals surface area contributed by atoms with Crippen LogP contribution in [0.3, 0.4) is 0 Å². The van der Waals surface area contributed by atoms with E-state index in [0.29, 0.717) is 29.7 Å². The third-order valence-corrected chi connectivity index (χ3v) is 3.40. The third-order valence-electron chi connectivity index (χ3n) is 3.40. The second kappa shape index (κ2) is 9.15. The van der Waals surface area contributed by atoms with E-state index < -0.39 is 17.5 Å². The molecule has 1 amide bonds. The first-order chi connectivity index (χ1) is 13.0. The van der Waals surface area contributed by atoms with E-state index in [-0.39, 0.29) is 11.3 Å². The van der Waals surface area contributed by atoms with Crippen LogP contribution in [0, 0.1) is 23.0 Å². The predicted octanol–water partition coefficient (Wildman–Crippen LogP) is 4.08. The number of anilines is 1. The Morgan fingerprint density at radius 1 is 1.26 bits per heavy atom. The largest absolute Gasteiger partial charge is 0.493 e. The number of ether oxygens (including phenoxy) is 2. The highest BCUT2D eigenvalue weighted by Gasteiger charge is 2.13. The summed E-state index contributed by atoms with van der Waals surface area (Å²) >= 11 is 0. The Kier molecular flexibility index (Phi) is 6.67. The minimum atomic E-state index is -0.939. The maximum Gasteiger partial charge on any atom is 0.266 e. The first-order valence-corrected chi connectivity index (χ1v) is 7.78. The van der Waals surface area contributed by atoms with Gasteiger partial charge in [-0.15, -0.1) is 0 Å². The third kappa shape index (κ3) is 5.16. The lowest BCUT2D eigenvalue weighted by Gasteiger charge is -2.10. The molecule has 27 heavy (non-hydrogen) atoms. The van der Waals surface area contributed by atoms with Gasteiger partial charge in [-0.1, -0.05) is 18.7 Å². The number of nitrogens with zero attached hydrogens (tertiary/aromatic N) is 1. The van der Waals surface area contributed by atoms with Gasteiger partial charge in [0.25, 0.3) is 5.91 Å². The van der Waals surface area contributed by atoms with E-state index in [4.69, 9.17) is 9.47 Å². The van der Waals surface area contributed by atoms with Gasteiger partial charge < -0.3 is 14.8 Å². The molecule has 0 saturated carbocycles. The van der Waals surface area contributed by atoms with Crippen molar-refractivity contribution in [3.05, 3.63) is 71.8 Å². The van der Waals surface area contributed by atoms with E-state index in [9.17, 15) is 18.8 Å². The average molecular weight is 370 g/mol. The van der Waals surface area contributed by atoms with Crippen LogP contribution in [0.4, 0.5) is 14.5 Å². The van der Waals surface area contributed by atoms with Gasteiger partial charge in [0.2, 0.25) is 0 Å². The number of hydrogen-bond donors (Lipinski definition) is 1. The molecule has 0 aliphatic carbocycles. The quantitative estimate of drug-likeness (QED) is 0.453. The Morgan fingerprint density at radius 3 is 2.67 bits per heavy atom. The number of rotatable bonds is 7. The first-order valence-electron chi connectivity index (χ1n) is 7.78. The summed E-state index contributed by atoms with van der Waals surface area (Å²) < 4.78 is 37.2. The van der Waals surface area contributed by atoms with Crippen molar-refractivity contribution in [1.82, 2.24) is 0 Å². The van der Waals surface area contributed by atoms with Crippen LogP contribution in [0.5, 0.6) is 11.5 Å². The molecule has 7 heteroatoms. The molecule has 0 aromatic heterocycles. The maximum absolute atomic E-state index is 13.7. The summed E-state index contributed by atoms with van der Waals surface area (Å²) in [5.74, 6) is -1.65. The molecule has 0 heterocycles. The number of halogens is 2. The van der Waals surface area contributed by atoms with E-state index in [1.165, 1.54) is 13.2 Å². The van der Waals surface area contributed by atoms with Crippen molar-refractivity contribution in [1.29, 1.82) is 5.26 Å². The lowest BCUT2D eigenvalue weighted by molar-refractivity contribution is -0.112. The zero-order chi connectivity index (χ0) is 19.8. The summed E-state index contributed by atoms with van der Waals surface area (Å²) in [6.07, 6.45) is 2.90. The zero-order valence-corrected chi connectivity index (χ0v) is 14.5. The average Bonchev–Trinajstić information content (AvgIpc) is 2.66. The number of methoxy groups -OCH3 is 1. The Labute approximate surface area is 155 Å². The molecule has 0 saturated heterocycles. The summed E-state index contributed by atoms with van der Waals surface area (Å²) in [5.41, 5.74) is 0.0120. The molecule has 0 radical (unpaired) electrons. The fraction of sp³-hybridized carbons (Fsp3) is 0.100. The van der Waals surface area contributed by atoms with Gasteiger partial charge in [0, 0.05) is 6.07 Å². The van der Waals surface area contributed by atoms with Crippen LogP contribution < -0.4 is 14.8 Å². The Balaban J connectivity index is 2.25.